The molecule has 2 aliphatic carbocycles. The maximum absolute atomic E-state index is 13.4. The van der Waals surface area contributed by atoms with Crippen LogP contribution in [0.3, 0.4) is 0 Å². The lowest BCUT2D eigenvalue weighted by atomic mass is 9.80. The largest absolute Gasteiger partial charge is 0.465 e. The molecule has 0 unspecified atom stereocenters. The Morgan fingerprint density at radius 2 is 1.86 bits per heavy atom. The van der Waals surface area contributed by atoms with Crippen LogP contribution in [0.1, 0.15) is 80.8 Å². The Morgan fingerprint density at radius 1 is 1.11 bits per heavy atom. The summed E-state index contributed by atoms with van der Waals surface area (Å²) < 4.78 is 7.21. The Hall–Kier alpha value is -3.61. The van der Waals surface area contributed by atoms with Gasteiger partial charge in [-0.2, -0.15) is 0 Å². The number of amides is 2. The summed E-state index contributed by atoms with van der Waals surface area (Å²) in [6.07, 6.45) is 14.3. The molecule has 1 N–H and O–H groups in total. The van der Waals surface area contributed by atoms with Crippen LogP contribution >= 0.6 is 0 Å². The van der Waals surface area contributed by atoms with E-state index in [1.165, 1.54) is 43.9 Å². The molecule has 5 rings (SSSR count). The van der Waals surface area contributed by atoms with Crippen molar-refractivity contribution in [1.82, 2.24) is 15.0 Å². The summed E-state index contributed by atoms with van der Waals surface area (Å²) in [5.41, 5.74) is 9.28. The quantitative estimate of drug-likeness (QED) is 0.470. The molecule has 2 heterocycles. The van der Waals surface area contributed by atoms with Gasteiger partial charge in [0.2, 0.25) is 5.91 Å². The van der Waals surface area contributed by atoms with E-state index in [1.807, 2.05) is 18.2 Å². The molecule has 0 saturated heterocycles. The van der Waals surface area contributed by atoms with E-state index in [0.717, 1.165) is 53.4 Å². The maximum Gasteiger partial charge on any atom is 0.337 e. The number of esters is 1. The van der Waals surface area contributed by atoms with Crippen LogP contribution in [-0.2, 0) is 20.9 Å². The summed E-state index contributed by atoms with van der Waals surface area (Å²) in [5.74, 6) is -0.499. The first-order chi connectivity index (χ1) is 17.4. The second kappa shape index (κ2) is 9.80. The number of hydrogen-bond donors (Lipinski definition) is 1. The number of methoxy groups -OCH3 is 1. The maximum atomic E-state index is 13.4. The van der Waals surface area contributed by atoms with Gasteiger partial charge in [0.25, 0.3) is 5.91 Å². The summed E-state index contributed by atoms with van der Waals surface area (Å²) >= 11 is 0. The molecule has 1 aromatic heterocycles. The van der Waals surface area contributed by atoms with Crippen LogP contribution in [0, 0.1) is 0 Å². The first-order valence-electron chi connectivity index (χ1n) is 12.8. The highest BCUT2D eigenvalue weighted by Gasteiger charge is 2.32. The first-order valence-corrected chi connectivity index (χ1v) is 12.8. The molecule has 1 aromatic carbocycles. The van der Waals surface area contributed by atoms with E-state index in [9.17, 15) is 14.4 Å². The second-order valence-electron chi connectivity index (χ2n) is 9.96. The molecular weight excluding hydrogens is 454 g/mol. The zero-order chi connectivity index (χ0) is 25.4. The minimum atomic E-state index is -0.380. The fourth-order valence-electron chi connectivity index (χ4n) is 5.98. The summed E-state index contributed by atoms with van der Waals surface area (Å²) in [6.45, 7) is 1.73. The molecular formula is C29H35N3O4. The van der Waals surface area contributed by atoms with Crippen LogP contribution in [0.2, 0.25) is 0 Å². The number of likely N-dealkylation sites (N-methyl/N-ethyl adjacent to an activating group) is 1. The minimum absolute atomic E-state index is 0. The van der Waals surface area contributed by atoms with E-state index in [4.69, 9.17) is 4.74 Å². The molecule has 0 spiro atoms. The van der Waals surface area contributed by atoms with Crippen molar-refractivity contribution >= 4 is 34.3 Å². The number of ether oxygens (including phenoxy) is 1. The molecule has 36 heavy (non-hydrogen) atoms. The number of carbonyl (C=O) groups excluding carboxylic acids is 3. The van der Waals surface area contributed by atoms with Gasteiger partial charge in [-0.15, -0.1) is 0 Å². The summed E-state index contributed by atoms with van der Waals surface area (Å²) in [4.78, 5) is 37.5. The number of carbonyl (C=O) groups is 3. The molecule has 2 aromatic rings. The highest BCUT2D eigenvalue weighted by Crippen LogP contribution is 2.46. The number of benzene rings is 1. The average molecular weight is 490 g/mol. The summed E-state index contributed by atoms with van der Waals surface area (Å²) in [6, 6.07) is 5.79. The van der Waals surface area contributed by atoms with Crippen LogP contribution in [0.5, 0.6) is 0 Å². The van der Waals surface area contributed by atoms with Gasteiger partial charge in [0, 0.05) is 37.4 Å². The van der Waals surface area contributed by atoms with Crippen molar-refractivity contribution in [2.75, 3.05) is 14.2 Å². The molecule has 190 valence electrons. The van der Waals surface area contributed by atoms with E-state index in [1.54, 1.807) is 7.05 Å². The number of aromatic nitrogens is 1. The third-order valence-corrected chi connectivity index (χ3v) is 7.55. The van der Waals surface area contributed by atoms with Crippen molar-refractivity contribution in [1.29, 1.82) is 0 Å². The van der Waals surface area contributed by atoms with Gasteiger partial charge in [-0.1, -0.05) is 37.5 Å². The van der Waals surface area contributed by atoms with Crippen molar-refractivity contribution in [3.8, 4) is 0 Å². The van der Waals surface area contributed by atoms with E-state index in [0.29, 0.717) is 23.6 Å². The number of hydrazine groups is 1. The molecule has 3 aliphatic rings. The van der Waals surface area contributed by atoms with Gasteiger partial charge in [0.05, 0.1) is 24.9 Å². The Kier molecular flexibility index (Phi) is 6.56. The lowest BCUT2D eigenvalue weighted by Gasteiger charge is -2.25. The molecule has 0 radical (unpaired) electrons. The Balaban J connectivity index is 0.00000320. The van der Waals surface area contributed by atoms with Crippen molar-refractivity contribution in [2.24, 2.45) is 0 Å². The van der Waals surface area contributed by atoms with Crippen LogP contribution in [0.15, 0.2) is 47.6 Å². The average Bonchev–Trinajstić information content (AvgIpc) is 3.10. The Morgan fingerprint density at radius 3 is 2.58 bits per heavy atom. The van der Waals surface area contributed by atoms with Gasteiger partial charge < -0.3 is 9.30 Å². The third kappa shape index (κ3) is 4.27. The van der Waals surface area contributed by atoms with Crippen molar-refractivity contribution in [3.63, 3.8) is 0 Å². The zero-order valence-corrected chi connectivity index (χ0v) is 21.2. The molecule has 7 nitrogen and oxygen atoms in total. The van der Waals surface area contributed by atoms with Gasteiger partial charge in [-0.25, -0.2) is 4.79 Å². The number of hydrogen-bond acceptors (Lipinski definition) is 4. The second-order valence-corrected chi connectivity index (χ2v) is 9.96. The lowest BCUT2D eigenvalue weighted by molar-refractivity contribution is -0.136. The van der Waals surface area contributed by atoms with Crippen LogP contribution in [-0.4, -0.2) is 41.5 Å². The molecule has 2 amide bonds. The fraction of sp³-hybridized carbons (Fsp3) is 0.414. The molecule has 0 atom stereocenters. The topological polar surface area (TPSA) is 80.6 Å². The molecule has 1 saturated carbocycles. The van der Waals surface area contributed by atoms with Crippen LogP contribution in [0.4, 0.5) is 0 Å². The van der Waals surface area contributed by atoms with Gasteiger partial charge in [-0.05, 0) is 60.9 Å². The standard InChI is InChI=1S/C29H33N3O4.H2/c1-18(33)30-31(2)28(34)22-15-20-11-7-8-12-23(20)27-26(19-9-5-4-6-10-19)24-14-13-21(29(35)36-3)16-25(24)32(27)17-22;/h11-16,19H,4-10,17H2,1-3H3,(H,30,33);1H. The van der Waals surface area contributed by atoms with Crippen LogP contribution < -0.4 is 5.43 Å². The first kappa shape index (κ1) is 24.1. The Labute approximate surface area is 212 Å². The lowest BCUT2D eigenvalue weighted by Crippen LogP contribution is -2.43. The molecule has 1 aliphatic heterocycles. The third-order valence-electron chi connectivity index (χ3n) is 7.55. The van der Waals surface area contributed by atoms with E-state index in [2.05, 4.69) is 28.2 Å². The molecule has 7 heteroatoms. The van der Waals surface area contributed by atoms with Crippen molar-refractivity contribution in [3.05, 3.63) is 64.4 Å². The number of fused-ring (bicyclic) bond motifs is 5. The zero-order valence-electron chi connectivity index (χ0n) is 21.2. The number of allylic oxidation sites excluding steroid dienone is 5. The number of rotatable bonds is 3. The SMILES string of the molecule is COC(=O)c1ccc2c(C3CCCCC3)c3n(c2c1)CC(C(=O)N(C)NC(C)=O)=CC1=CCCC=C13.[HH]. The molecule has 0 bridgehead atoms. The van der Waals surface area contributed by atoms with Crippen molar-refractivity contribution < 1.29 is 20.5 Å². The summed E-state index contributed by atoms with van der Waals surface area (Å²) in [7, 11) is 2.96. The van der Waals surface area contributed by atoms with E-state index in [-0.39, 0.29) is 19.2 Å². The Bertz CT molecular complexity index is 1340. The van der Waals surface area contributed by atoms with Gasteiger partial charge in [-0.3, -0.25) is 20.0 Å². The smallest absolute Gasteiger partial charge is 0.337 e. The summed E-state index contributed by atoms with van der Waals surface area (Å²) in [5, 5.41) is 2.39. The monoisotopic (exact) mass is 489 g/mol. The predicted octanol–water partition coefficient (Wildman–Crippen LogP) is 5.27. The van der Waals surface area contributed by atoms with E-state index >= 15 is 0 Å². The van der Waals surface area contributed by atoms with Gasteiger partial charge in [0.15, 0.2) is 0 Å². The predicted molar refractivity (Wildman–Crippen MR) is 141 cm³/mol. The van der Waals surface area contributed by atoms with Crippen molar-refractivity contribution in [2.45, 2.75) is 64.3 Å². The fourth-order valence-corrected chi connectivity index (χ4v) is 5.98. The molecule has 1 fully saturated rings. The minimum Gasteiger partial charge on any atom is -0.465 e. The number of nitrogens with zero attached hydrogens (tertiary/aromatic N) is 2. The van der Waals surface area contributed by atoms with Gasteiger partial charge in [0.1, 0.15) is 0 Å². The highest BCUT2D eigenvalue weighted by atomic mass is 16.5. The number of nitrogens with one attached hydrogen (secondary N) is 1. The van der Waals surface area contributed by atoms with Crippen LogP contribution in [0.25, 0.3) is 16.5 Å². The van der Waals surface area contributed by atoms with E-state index < -0.39 is 0 Å². The highest BCUT2D eigenvalue weighted by molar-refractivity contribution is 6.02. The normalized spacial score (nSPS) is 17.7. The van der Waals surface area contributed by atoms with Gasteiger partial charge >= 0.3 is 5.97 Å².